The lowest BCUT2D eigenvalue weighted by atomic mass is 10.1. The molecule has 0 aromatic heterocycles. The largest absolute Gasteiger partial charge is 0.296 e. The Hall–Kier alpha value is -3.53. The molecular weight excluding hydrogens is 464 g/mol. The number of hydrazine groups is 1. The topological polar surface area (TPSA) is 98.8 Å². The molecule has 1 aliphatic rings. The van der Waals surface area contributed by atoms with Crippen LogP contribution in [-0.4, -0.2) is 55.6 Å². The molecule has 0 saturated carbocycles. The van der Waals surface area contributed by atoms with Gasteiger partial charge in [-0.3, -0.25) is 25.3 Å². The van der Waals surface area contributed by atoms with Crippen molar-refractivity contribution in [3.8, 4) is 0 Å². The molecule has 0 spiro atoms. The highest BCUT2D eigenvalue weighted by Crippen LogP contribution is 2.19. The lowest BCUT2D eigenvalue weighted by Crippen LogP contribution is -2.48. The number of sulfonamides is 1. The number of nitrogens with one attached hydrogen (secondary N) is 2. The van der Waals surface area contributed by atoms with Gasteiger partial charge >= 0.3 is 0 Å². The first-order valence-electron chi connectivity index (χ1n) is 11.4. The Morgan fingerprint density at radius 1 is 0.743 bits per heavy atom. The molecule has 1 saturated heterocycles. The van der Waals surface area contributed by atoms with E-state index in [2.05, 4.69) is 27.9 Å². The molecule has 0 aliphatic carbocycles. The maximum Gasteiger partial charge on any atom is 0.269 e. The molecule has 1 aliphatic heterocycles. The average Bonchev–Trinajstić information content (AvgIpc) is 2.88. The predicted molar refractivity (Wildman–Crippen MR) is 133 cm³/mol. The van der Waals surface area contributed by atoms with Gasteiger partial charge < -0.3 is 0 Å². The van der Waals surface area contributed by atoms with Gasteiger partial charge in [0.05, 0.1) is 4.90 Å². The van der Waals surface area contributed by atoms with Crippen molar-refractivity contribution in [1.82, 2.24) is 20.1 Å². The zero-order valence-corrected chi connectivity index (χ0v) is 20.3. The molecule has 4 rings (SSSR count). The van der Waals surface area contributed by atoms with E-state index in [1.54, 1.807) is 24.3 Å². The molecular formula is C26H28N4O4S. The molecule has 0 atom stereocenters. The summed E-state index contributed by atoms with van der Waals surface area (Å²) in [5, 5.41) is 0. The van der Waals surface area contributed by atoms with Crippen LogP contribution in [0.5, 0.6) is 0 Å². The number of carbonyl (C=O) groups is 2. The number of piperazine rings is 1. The summed E-state index contributed by atoms with van der Waals surface area (Å²) in [7, 11) is -3.66. The van der Waals surface area contributed by atoms with E-state index in [9.17, 15) is 18.0 Å². The van der Waals surface area contributed by atoms with E-state index < -0.39 is 21.8 Å². The van der Waals surface area contributed by atoms with E-state index in [1.807, 2.05) is 25.1 Å². The van der Waals surface area contributed by atoms with E-state index in [0.717, 1.165) is 12.1 Å². The Bertz CT molecular complexity index is 1270. The third-order valence-corrected chi connectivity index (χ3v) is 7.85. The van der Waals surface area contributed by atoms with E-state index in [1.165, 1.54) is 34.1 Å². The van der Waals surface area contributed by atoms with Crippen LogP contribution in [0.25, 0.3) is 0 Å². The number of hydrogen-bond acceptors (Lipinski definition) is 5. The number of amides is 2. The van der Waals surface area contributed by atoms with Crippen LogP contribution in [0.4, 0.5) is 0 Å². The van der Waals surface area contributed by atoms with E-state index in [4.69, 9.17) is 0 Å². The van der Waals surface area contributed by atoms with Crippen LogP contribution in [0.2, 0.25) is 0 Å². The molecule has 8 nitrogen and oxygen atoms in total. The molecule has 1 heterocycles. The minimum atomic E-state index is -3.66. The second kappa shape index (κ2) is 10.8. The van der Waals surface area contributed by atoms with E-state index in [-0.39, 0.29) is 10.5 Å². The Labute approximate surface area is 205 Å². The quantitative estimate of drug-likeness (QED) is 0.516. The van der Waals surface area contributed by atoms with Crippen molar-refractivity contribution in [2.24, 2.45) is 0 Å². The molecule has 3 aromatic rings. The zero-order valence-electron chi connectivity index (χ0n) is 19.5. The predicted octanol–water partition coefficient (Wildman–Crippen LogP) is 2.58. The summed E-state index contributed by atoms with van der Waals surface area (Å²) in [5.74, 6) is -0.979. The van der Waals surface area contributed by atoms with Gasteiger partial charge in [0.15, 0.2) is 0 Å². The van der Waals surface area contributed by atoms with Crippen LogP contribution in [0.1, 0.15) is 31.8 Å². The molecule has 0 unspecified atom stereocenters. The Morgan fingerprint density at radius 2 is 1.26 bits per heavy atom. The summed E-state index contributed by atoms with van der Waals surface area (Å²) >= 11 is 0. The fraction of sp³-hybridized carbons (Fsp3) is 0.231. The summed E-state index contributed by atoms with van der Waals surface area (Å²) in [6, 6.07) is 22.8. The smallest absolute Gasteiger partial charge is 0.269 e. The lowest BCUT2D eigenvalue weighted by Gasteiger charge is -2.34. The van der Waals surface area contributed by atoms with Crippen molar-refractivity contribution in [2.75, 3.05) is 26.2 Å². The molecule has 0 bridgehead atoms. The van der Waals surface area contributed by atoms with Gasteiger partial charge in [-0.05, 0) is 48.9 Å². The molecule has 9 heteroatoms. The number of carbonyl (C=O) groups excluding carboxylic acids is 2. The standard InChI is InChI=1S/C26H28N4O4S/c1-20-7-9-22(10-8-20)25(31)27-28-26(32)23-11-13-24(14-12-23)35(33,34)30-17-15-29(16-18-30)19-21-5-3-2-4-6-21/h2-14H,15-19H2,1H3,(H,27,31)(H,28,32). The first-order chi connectivity index (χ1) is 16.8. The number of hydrogen-bond donors (Lipinski definition) is 2. The highest BCUT2D eigenvalue weighted by atomic mass is 32.2. The molecule has 3 aromatic carbocycles. The van der Waals surface area contributed by atoms with Gasteiger partial charge in [0.25, 0.3) is 11.8 Å². The second-order valence-electron chi connectivity index (χ2n) is 8.46. The Kier molecular flexibility index (Phi) is 7.60. The van der Waals surface area contributed by atoms with E-state index >= 15 is 0 Å². The van der Waals surface area contributed by atoms with Gasteiger partial charge in [-0.15, -0.1) is 0 Å². The maximum atomic E-state index is 13.1. The van der Waals surface area contributed by atoms with Crippen molar-refractivity contribution in [3.63, 3.8) is 0 Å². The number of rotatable bonds is 6. The third kappa shape index (κ3) is 6.13. The van der Waals surface area contributed by atoms with Crippen molar-refractivity contribution in [2.45, 2.75) is 18.4 Å². The monoisotopic (exact) mass is 492 g/mol. The molecule has 182 valence electrons. The molecule has 2 N–H and O–H groups in total. The Balaban J connectivity index is 1.31. The van der Waals surface area contributed by atoms with Gasteiger partial charge in [-0.2, -0.15) is 4.31 Å². The van der Waals surface area contributed by atoms with Crippen LogP contribution >= 0.6 is 0 Å². The van der Waals surface area contributed by atoms with Crippen LogP contribution in [0.15, 0.2) is 83.8 Å². The van der Waals surface area contributed by atoms with E-state index in [0.29, 0.717) is 31.7 Å². The summed E-state index contributed by atoms with van der Waals surface area (Å²) < 4.78 is 27.6. The summed E-state index contributed by atoms with van der Waals surface area (Å²) in [5.41, 5.74) is 7.60. The van der Waals surface area contributed by atoms with Crippen LogP contribution in [-0.2, 0) is 16.6 Å². The molecule has 0 radical (unpaired) electrons. The first kappa shape index (κ1) is 24.6. The molecule has 1 fully saturated rings. The Morgan fingerprint density at radius 3 is 1.80 bits per heavy atom. The summed E-state index contributed by atoms with van der Waals surface area (Å²) in [6.07, 6.45) is 0. The third-order valence-electron chi connectivity index (χ3n) is 5.94. The van der Waals surface area contributed by atoms with Crippen LogP contribution in [0.3, 0.4) is 0 Å². The van der Waals surface area contributed by atoms with Gasteiger partial charge in [-0.1, -0.05) is 48.0 Å². The van der Waals surface area contributed by atoms with Gasteiger partial charge in [-0.25, -0.2) is 8.42 Å². The minimum absolute atomic E-state index is 0.134. The minimum Gasteiger partial charge on any atom is -0.296 e. The fourth-order valence-corrected chi connectivity index (χ4v) is 5.28. The van der Waals surface area contributed by atoms with Crippen LogP contribution in [0, 0.1) is 6.92 Å². The highest BCUT2D eigenvalue weighted by Gasteiger charge is 2.28. The SMILES string of the molecule is Cc1ccc(C(=O)NNC(=O)c2ccc(S(=O)(=O)N3CCN(Cc4ccccc4)CC3)cc2)cc1. The zero-order chi connectivity index (χ0) is 24.8. The van der Waals surface area contributed by atoms with Gasteiger partial charge in [0.2, 0.25) is 10.0 Å². The van der Waals surface area contributed by atoms with Crippen molar-refractivity contribution >= 4 is 21.8 Å². The average molecular weight is 493 g/mol. The van der Waals surface area contributed by atoms with Crippen molar-refractivity contribution in [1.29, 1.82) is 0 Å². The lowest BCUT2D eigenvalue weighted by molar-refractivity contribution is 0.0846. The normalized spacial score (nSPS) is 14.9. The summed E-state index contributed by atoms with van der Waals surface area (Å²) in [4.78, 5) is 26.9. The second-order valence-corrected chi connectivity index (χ2v) is 10.4. The van der Waals surface area contributed by atoms with Crippen molar-refractivity contribution in [3.05, 3.63) is 101 Å². The summed E-state index contributed by atoms with van der Waals surface area (Å²) in [6.45, 7) is 4.81. The maximum absolute atomic E-state index is 13.1. The van der Waals surface area contributed by atoms with Crippen LogP contribution < -0.4 is 10.9 Å². The van der Waals surface area contributed by atoms with Gasteiger partial charge in [0, 0.05) is 43.9 Å². The fourth-order valence-electron chi connectivity index (χ4n) is 3.86. The first-order valence-corrected chi connectivity index (χ1v) is 12.8. The number of nitrogens with zero attached hydrogens (tertiary/aromatic N) is 2. The number of benzene rings is 3. The molecule has 2 amide bonds. The molecule has 35 heavy (non-hydrogen) atoms. The van der Waals surface area contributed by atoms with Gasteiger partial charge in [0.1, 0.15) is 0 Å². The highest BCUT2D eigenvalue weighted by molar-refractivity contribution is 7.89. The van der Waals surface area contributed by atoms with Crippen molar-refractivity contribution < 1.29 is 18.0 Å². The number of aryl methyl sites for hydroxylation is 1.